The molecule has 0 saturated heterocycles. The molecule has 5 rings (SSSR count). The Morgan fingerprint density at radius 2 is 1.45 bits per heavy atom. The van der Waals surface area contributed by atoms with Crippen LogP contribution in [-0.4, -0.2) is 10.7 Å². The Hall–Kier alpha value is -3.50. The van der Waals surface area contributed by atoms with E-state index in [9.17, 15) is 0 Å². The third kappa shape index (κ3) is 3.62. The maximum absolute atomic E-state index is 4.70. The van der Waals surface area contributed by atoms with E-state index in [2.05, 4.69) is 101 Å². The van der Waals surface area contributed by atoms with E-state index in [4.69, 9.17) is 4.98 Å². The fraction of sp³-hybridized carbons (Fsp3) is 0.0400. The van der Waals surface area contributed by atoms with Crippen LogP contribution in [0.3, 0.4) is 0 Å². The first-order chi connectivity index (χ1) is 14.3. The number of hydrogen-bond donors (Lipinski definition) is 1. The zero-order chi connectivity index (χ0) is 19.6. The third-order valence-electron chi connectivity index (χ3n) is 5.04. The molecule has 0 fully saturated rings. The van der Waals surface area contributed by atoms with Crippen molar-refractivity contribution < 1.29 is 0 Å². The second-order valence-corrected chi connectivity index (χ2v) is 7.83. The Kier molecular flexibility index (Phi) is 4.54. The first-order valence-electron chi connectivity index (χ1n) is 9.50. The molecule has 3 nitrogen and oxygen atoms in total. The van der Waals surface area contributed by atoms with Crippen molar-refractivity contribution >= 4 is 43.7 Å². The van der Waals surface area contributed by atoms with E-state index in [0.717, 1.165) is 27.7 Å². The van der Waals surface area contributed by atoms with Gasteiger partial charge in [0.15, 0.2) is 0 Å². The summed E-state index contributed by atoms with van der Waals surface area (Å²) in [5, 5.41) is 12.3. The highest BCUT2D eigenvalue weighted by atomic mass is 32.1. The van der Waals surface area contributed by atoms with Crippen molar-refractivity contribution in [1.82, 2.24) is 4.98 Å². The van der Waals surface area contributed by atoms with Crippen molar-refractivity contribution in [2.75, 3.05) is 5.43 Å². The van der Waals surface area contributed by atoms with Crippen molar-refractivity contribution in [1.29, 1.82) is 0 Å². The van der Waals surface area contributed by atoms with Gasteiger partial charge in [0.05, 0.1) is 11.4 Å². The van der Waals surface area contributed by atoms with E-state index in [1.807, 2.05) is 6.92 Å². The van der Waals surface area contributed by atoms with Crippen LogP contribution in [0.5, 0.6) is 0 Å². The number of nitrogens with one attached hydrogen (secondary N) is 1. The average Bonchev–Trinajstić information content (AvgIpc) is 3.26. The summed E-state index contributed by atoms with van der Waals surface area (Å²) in [6.45, 7) is 2.01. The molecule has 140 valence electrons. The van der Waals surface area contributed by atoms with Gasteiger partial charge in [0, 0.05) is 10.9 Å². The van der Waals surface area contributed by atoms with Gasteiger partial charge in [-0.3, -0.25) is 5.43 Å². The molecule has 0 amide bonds. The molecule has 0 aliphatic carbocycles. The number of rotatable bonds is 4. The number of hydrazone groups is 1. The van der Waals surface area contributed by atoms with E-state index in [0.29, 0.717) is 0 Å². The van der Waals surface area contributed by atoms with Crippen LogP contribution in [0.25, 0.3) is 32.8 Å². The number of fused-ring (bicyclic) bond motifs is 2. The fourth-order valence-electron chi connectivity index (χ4n) is 3.42. The maximum Gasteiger partial charge on any atom is 0.203 e. The van der Waals surface area contributed by atoms with Gasteiger partial charge in [0.25, 0.3) is 0 Å². The first kappa shape index (κ1) is 17.6. The molecule has 5 aromatic rings. The Bertz CT molecular complexity index is 1350. The summed E-state index contributed by atoms with van der Waals surface area (Å²) < 4.78 is 0. The molecule has 4 aromatic carbocycles. The van der Waals surface area contributed by atoms with Crippen molar-refractivity contribution in [3.63, 3.8) is 0 Å². The van der Waals surface area contributed by atoms with Gasteiger partial charge in [0.1, 0.15) is 0 Å². The standard InChI is InChI=1S/C25H19N3S/c1-17(20-12-10-18-6-2-4-8-21(18)14-20)27-28-25-26-24(16-29-25)23-13-11-19-7-3-5-9-22(19)15-23/h2-16H,1H3,(H,26,28)/b27-17+. The molecular weight excluding hydrogens is 374 g/mol. The number of nitrogens with zero attached hydrogens (tertiary/aromatic N) is 2. The smallest absolute Gasteiger partial charge is 0.203 e. The quantitative estimate of drug-likeness (QED) is 0.265. The van der Waals surface area contributed by atoms with E-state index in [1.165, 1.54) is 21.5 Å². The summed E-state index contributed by atoms with van der Waals surface area (Å²) in [6, 6.07) is 29.5. The fourth-order valence-corrected chi connectivity index (χ4v) is 4.08. The molecule has 1 heterocycles. The maximum atomic E-state index is 4.70. The SMILES string of the molecule is C/C(=N\Nc1nc(-c2ccc3ccccc3c2)cs1)c1ccc2ccccc2c1. The number of thiazole rings is 1. The molecule has 0 bridgehead atoms. The summed E-state index contributed by atoms with van der Waals surface area (Å²) in [5.74, 6) is 0. The molecule has 1 N–H and O–H groups in total. The van der Waals surface area contributed by atoms with E-state index in [1.54, 1.807) is 11.3 Å². The molecule has 0 spiro atoms. The van der Waals surface area contributed by atoms with Crippen LogP contribution in [-0.2, 0) is 0 Å². The molecule has 0 atom stereocenters. The molecule has 0 radical (unpaired) electrons. The van der Waals surface area contributed by atoms with Crippen LogP contribution in [0.15, 0.2) is 95.4 Å². The lowest BCUT2D eigenvalue weighted by atomic mass is 10.0. The highest BCUT2D eigenvalue weighted by Gasteiger charge is 2.06. The van der Waals surface area contributed by atoms with Crippen LogP contribution < -0.4 is 5.43 Å². The molecule has 0 aliphatic heterocycles. The third-order valence-corrected chi connectivity index (χ3v) is 5.78. The van der Waals surface area contributed by atoms with Gasteiger partial charge in [-0.05, 0) is 46.2 Å². The average molecular weight is 394 g/mol. The van der Waals surface area contributed by atoms with Crippen LogP contribution in [0.1, 0.15) is 12.5 Å². The number of aromatic nitrogens is 1. The first-order valence-corrected chi connectivity index (χ1v) is 10.4. The predicted molar refractivity (Wildman–Crippen MR) is 125 cm³/mol. The number of hydrogen-bond acceptors (Lipinski definition) is 4. The highest BCUT2D eigenvalue weighted by Crippen LogP contribution is 2.28. The van der Waals surface area contributed by atoms with Crippen molar-refractivity contribution in [2.45, 2.75) is 6.92 Å². The Labute approximate surface area is 173 Å². The lowest BCUT2D eigenvalue weighted by Gasteiger charge is -2.04. The van der Waals surface area contributed by atoms with E-state index >= 15 is 0 Å². The van der Waals surface area contributed by atoms with Crippen molar-refractivity contribution in [3.05, 3.63) is 95.9 Å². The van der Waals surface area contributed by atoms with Gasteiger partial charge in [-0.2, -0.15) is 5.10 Å². The largest absolute Gasteiger partial charge is 0.252 e. The Morgan fingerprint density at radius 1 is 0.793 bits per heavy atom. The zero-order valence-electron chi connectivity index (χ0n) is 16.0. The lowest BCUT2D eigenvalue weighted by molar-refractivity contribution is 1.27. The molecule has 0 unspecified atom stereocenters. The normalized spacial score (nSPS) is 11.8. The zero-order valence-corrected chi connectivity index (χ0v) is 16.8. The topological polar surface area (TPSA) is 37.3 Å². The van der Waals surface area contributed by atoms with Gasteiger partial charge in [-0.15, -0.1) is 11.3 Å². The minimum Gasteiger partial charge on any atom is -0.252 e. The van der Waals surface area contributed by atoms with E-state index in [-0.39, 0.29) is 0 Å². The monoisotopic (exact) mass is 393 g/mol. The van der Waals surface area contributed by atoms with Crippen molar-refractivity contribution in [3.8, 4) is 11.3 Å². The second-order valence-electron chi connectivity index (χ2n) is 6.97. The predicted octanol–water partition coefficient (Wildman–Crippen LogP) is 6.95. The summed E-state index contributed by atoms with van der Waals surface area (Å²) in [7, 11) is 0. The summed E-state index contributed by atoms with van der Waals surface area (Å²) in [6.07, 6.45) is 0. The summed E-state index contributed by atoms with van der Waals surface area (Å²) in [5.41, 5.74) is 7.22. The lowest BCUT2D eigenvalue weighted by Crippen LogP contribution is -1.99. The molecule has 0 saturated carbocycles. The molecule has 0 aliphatic rings. The number of benzene rings is 4. The molecular formula is C25H19N3S. The highest BCUT2D eigenvalue weighted by molar-refractivity contribution is 7.14. The number of anilines is 1. The summed E-state index contributed by atoms with van der Waals surface area (Å²) in [4.78, 5) is 4.70. The molecule has 4 heteroatoms. The van der Waals surface area contributed by atoms with Gasteiger partial charge < -0.3 is 0 Å². The van der Waals surface area contributed by atoms with Gasteiger partial charge >= 0.3 is 0 Å². The van der Waals surface area contributed by atoms with Crippen LogP contribution in [0.4, 0.5) is 5.13 Å². The Balaban J connectivity index is 1.37. The molecule has 1 aromatic heterocycles. The van der Waals surface area contributed by atoms with E-state index < -0.39 is 0 Å². The van der Waals surface area contributed by atoms with Gasteiger partial charge in [-0.1, -0.05) is 72.8 Å². The second kappa shape index (κ2) is 7.49. The molecule has 29 heavy (non-hydrogen) atoms. The minimum absolute atomic E-state index is 0.785. The van der Waals surface area contributed by atoms with Crippen LogP contribution >= 0.6 is 11.3 Å². The van der Waals surface area contributed by atoms with Gasteiger partial charge in [-0.25, -0.2) is 4.98 Å². The van der Waals surface area contributed by atoms with Gasteiger partial charge in [0.2, 0.25) is 5.13 Å². The minimum atomic E-state index is 0.785. The Morgan fingerprint density at radius 3 is 2.21 bits per heavy atom. The summed E-state index contributed by atoms with van der Waals surface area (Å²) >= 11 is 1.56. The van der Waals surface area contributed by atoms with Crippen LogP contribution in [0.2, 0.25) is 0 Å². The van der Waals surface area contributed by atoms with Crippen LogP contribution in [0, 0.1) is 0 Å². The van der Waals surface area contributed by atoms with Crippen molar-refractivity contribution in [2.24, 2.45) is 5.10 Å².